The van der Waals surface area contributed by atoms with E-state index in [9.17, 15) is 4.39 Å². The summed E-state index contributed by atoms with van der Waals surface area (Å²) in [6.45, 7) is 0. The molecule has 1 aromatic carbocycles. The van der Waals surface area contributed by atoms with Crippen molar-refractivity contribution >= 4 is 34.2 Å². The molecule has 0 amide bonds. The van der Waals surface area contributed by atoms with Crippen LogP contribution in [0, 0.1) is 20.7 Å². The van der Waals surface area contributed by atoms with Gasteiger partial charge in [0.25, 0.3) is 0 Å². The van der Waals surface area contributed by atoms with Gasteiger partial charge in [0, 0.05) is 3.57 Å². The Bertz CT molecular complexity index is 332. The standard InChI is InChI=1S/C7H2ClFIN/c8-5-1-4(3-11)6(9)2-7(5)10/h1-2H. The number of nitriles is 1. The van der Waals surface area contributed by atoms with Gasteiger partial charge in [-0.05, 0) is 34.7 Å². The van der Waals surface area contributed by atoms with Crippen molar-refractivity contribution in [3.05, 3.63) is 32.1 Å². The van der Waals surface area contributed by atoms with Crippen LogP contribution in [0.5, 0.6) is 0 Å². The zero-order valence-corrected chi connectivity index (χ0v) is 8.15. The first-order valence-electron chi connectivity index (χ1n) is 2.70. The molecule has 56 valence electrons. The maximum absolute atomic E-state index is 12.7. The molecule has 11 heavy (non-hydrogen) atoms. The zero-order valence-electron chi connectivity index (χ0n) is 5.24. The molecule has 0 heterocycles. The number of rotatable bonds is 0. The van der Waals surface area contributed by atoms with Gasteiger partial charge in [0.2, 0.25) is 0 Å². The molecule has 0 N–H and O–H groups in total. The Hall–Kier alpha value is -0.340. The van der Waals surface area contributed by atoms with Gasteiger partial charge in [0.05, 0.1) is 10.6 Å². The fourth-order valence-electron chi connectivity index (χ4n) is 0.608. The number of nitrogens with zero attached hydrogens (tertiary/aromatic N) is 1. The van der Waals surface area contributed by atoms with Crippen LogP contribution >= 0.6 is 34.2 Å². The summed E-state index contributed by atoms with van der Waals surface area (Å²) in [5.41, 5.74) is -0.0181. The molecular formula is C7H2ClFIN. The summed E-state index contributed by atoms with van der Waals surface area (Å²) in [6.07, 6.45) is 0. The highest BCUT2D eigenvalue weighted by molar-refractivity contribution is 14.1. The third-order valence-electron chi connectivity index (χ3n) is 1.13. The van der Waals surface area contributed by atoms with Crippen molar-refractivity contribution in [2.75, 3.05) is 0 Å². The smallest absolute Gasteiger partial charge is 0.142 e. The summed E-state index contributed by atoms with van der Waals surface area (Å²) in [4.78, 5) is 0. The fourth-order valence-corrected chi connectivity index (χ4v) is 1.20. The average Bonchev–Trinajstić information content (AvgIpc) is 1.97. The molecule has 0 aliphatic carbocycles. The summed E-state index contributed by atoms with van der Waals surface area (Å²) < 4.78 is 13.4. The number of hydrogen-bond donors (Lipinski definition) is 0. The summed E-state index contributed by atoms with van der Waals surface area (Å²) in [5, 5.41) is 8.79. The Kier molecular flexibility index (Phi) is 2.68. The normalized spacial score (nSPS) is 9.27. The number of halogens is 3. The zero-order chi connectivity index (χ0) is 8.43. The lowest BCUT2D eigenvalue weighted by Gasteiger charge is -1.96. The van der Waals surface area contributed by atoms with Crippen LogP contribution in [0.25, 0.3) is 0 Å². The lowest BCUT2D eigenvalue weighted by Crippen LogP contribution is -1.85. The van der Waals surface area contributed by atoms with Crippen LogP contribution in [-0.2, 0) is 0 Å². The van der Waals surface area contributed by atoms with Crippen LogP contribution in [0.1, 0.15) is 5.56 Å². The average molecular weight is 281 g/mol. The molecular weight excluding hydrogens is 279 g/mol. The van der Waals surface area contributed by atoms with E-state index in [0.717, 1.165) is 0 Å². The third kappa shape index (κ3) is 1.82. The second-order valence-corrected chi connectivity index (χ2v) is 3.43. The van der Waals surface area contributed by atoms with Crippen molar-refractivity contribution in [3.8, 4) is 6.07 Å². The number of benzene rings is 1. The van der Waals surface area contributed by atoms with Crippen molar-refractivity contribution in [1.82, 2.24) is 0 Å². The molecule has 0 saturated heterocycles. The first kappa shape index (κ1) is 8.75. The molecule has 0 aliphatic rings. The quantitative estimate of drug-likeness (QED) is 0.530. The van der Waals surface area contributed by atoms with E-state index >= 15 is 0 Å². The maximum atomic E-state index is 12.7. The largest absolute Gasteiger partial charge is 0.206 e. The maximum Gasteiger partial charge on any atom is 0.142 e. The molecule has 0 saturated carbocycles. The van der Waals surface area contributed by atoms with Gasteiger partial charge in [-0.2, -0.15) is 5.26 Å². The van der Waals surface area contributed by atoms with E-state index in [0.29, 0.717) is 8.59 Å². The summed E-state index contributed by atoms with van der Waals surface area (Å²) in [7, 11) is 0. The second kappa shape index (κ2) is 3.37. The highest BCUT2D eigenvalue weighted by Crippen LogP contribution is 2.21. The fraction of sp³-hybridized carbons (Fsp3) is 0. The minimum Gasteiger partial charge on any atom is -0.206 e. The first-order valence-corrected chi connectivity index (χ1v) is 4.15. The van der Waals surface area contributed by atoms with E-state index < -0.39 is 5.82 Å². The minimum absolute atomic E-state index is 0.0181. The predicted octanol–water partition coefficient (Wildman–Crippen LogP) is 2.96. The highest BCUT2D eigenvalue weighted by atomic mass is 127. The van der Waals surface area contributed by atoms with Crippen LogP contribution < -0.4 is 0 Å². The van der Waals surface area contributed by atoms with Gasteiger partial charge < -0.3 is 0 Å². The van der Waals surface area contributed by atoms with Crippen LogP contribution in [0.4, 0.5) is 4.39 Å². The van der Waals surface area contributed by atoms with Crippen molar-refractivity contribution < 1.29 is 4.39 Å². The minimum atomic E-state index is -0.527. The van der Waals surface area contributed by atoms with Crippen molar-refractivity contribution in [1.29, 1.82) is 5.26 Å². The molecule has 1 rings (SSSR count). The highest BCUT2D eigenvalue weighted by Gasteiger charge is 2.04. The topological polar surface area (TPSA) is 23.8 Å². The van der Waals surface area contributed by atoms with E-state index in [-0.39, 0.29) is 5.56 Å². The summed E-state index contributed by atoms with van der Waals surface area (Å²) >= 11 is 7.54. The summed E-state index contributed by atoms with van der Waals surface area (Å²) in [5.74, 6) is -0.527. The molecule has 0 fully saturated rings. The molecule has 1 nitrogen and oxygen atoms in total. The Morgan fingerprint density at radius 3 is 2.73 bits per heavy atom. The summed E-state index contributed by atoms with van der Waals surface area (Å²) in [6, 6.07) is 4.26. The molecule has 0 aromatic heterocycles. The second-order valence-electron chi connectivity index (χ2n) is 1.86. The monoisotopic (exact) mass is 281 g/mol. The Morgan fingerprint density at radius 1 is 1.55 bits per heavy atom. The van der Waals surface area contributed by atoms with Gasteiger partial charge in [-0.1, -0.05) is 11.6 Å². The molecule has 1 aromatic rings. The van der Waals surface area contributed by atoms with E-state index in [1.807, 2.05) is 22.6 Å². The molecule has 0 atom stereocenters. The molecule has 4 heteroatoms. The third-order valence-corrected chi connectivity index (χ3v) is 2.65. The molecule has 0 spiro atoms. The van der Waals surface area contributed by atoms with E-state index in [1.54, 1.807) is 6.07 Å². The van der Waals surface area contributed by atoms with Crippen LogP contribution in [0.3, 0.4) is 0 Å². The predicted molar refractivity (Wildman–Crippen MR) is 48.8 cm³/mol. The Balaban J connectivity index is 3.35. The first-order chi connectivity index (χ1) is 5.15. The van der Waals surface area contributed by atoms with E-state index in [2.05, 4.69) is 0 Å². The lowest BCUT2D eigenvalue weighted by molar-refractivity contribution is 0.623. The van der Waals surface area contributed by atoms with Gasteiger partial charge in [0.1, 0.15) is 11.9 Å². The van der Waals surface area contributed by atoms with Crippen molar-refractivity contribution in [2.45, 2.75) is 0 Å². The van der Waals surface area contributed by atoms with Gasteiger partial charge in [-0.25, -0.2) is 4.39 Å². The SMILES string of the molecule is N#Cc1cc(Cl)c(I)cc1F. The van der Waals surface area contributed by atoms with E-state index in [1.165, 1.54) is 12.1 Å². The van der Waals surface area contributed by atoms with Crippen molar-refractivity contribution in [2.24, 2.45) is 0 Å². The Morgan fingerprint density at radius 2 is 2.18 bits per heavy atom. The Labute approximate surface area is 81.9 Å². The molecule has 0 bridgehead atoms. The van der Waals surface area contributed by atoms with Crippen LogP contribution in [-0.4, -0.2) is 0 Å². The van der Waals surface area contributed by atoms with Gasteiger partial charge >= 0.3 is 0 Å². The van der Waals surface area contributed by atoms with Crippen LogP contribution in [0.15, 0.2) is 12.1 Å². The molecule has 0 aliphatic heterocycles. The van der Waals surface area contributed by atoms with E-state index in [4.69, 9.17) is 16.9 Å². The molecule has 0 radical (unpaired) electrons. The van der Waals surface area contributed by atoms with Crippen LogP contribution in [0.2, 0.25) is 5.02 Å². The van der Waals surface area contributed by atoms with Gasteiger partial charge in [-0.15, -0.1) is 0 Å². The van der Waals surface area contributed by atoms with Gasteiger partial charge in [-0.3, -0.25) is 0 Å². The van der Waals surface area contributed by atoms with Gasteiger partial charge in [0.15, 0.2) is 0 Å². The lowest BCUT2D eigenvalue weighted by atomic mass is 10.2. The van der Waals surface area contributed by atoms with Crippen molar-refractivity contribution in [3.63, 3.8) is 0 Å². The molecule has 0 unspecified atom stereocenters. The number of hydrogen-bond acceptors (Lipinski definition) is 1.